The molecule has 0 aliphatic carbocycles. The van der Waals surface area contributed by atoms with E-state index in [-0.39, 0.29) is 36.2 Å². The number of aromatic nitrogens is 2. The second kappa shape index (κ2) is 11.9. The molecule has 5 rings (SSSR count). The molecule has 0 amide bonds. The van der Waals surface area contributed by atoms with Crippen molar-refractivity contribution >= 4 is 23.0 Å². The summed E-state index contributed by atoms with van der Waals surface area (Å²) in [4.78, 5) is 5.79. The summed E-state index contributed by atoms with van der Waals surface area (Å²) in [6.07, 6.45) is -5.39. The minimum Gasteiger partial charge on any atom is -0.454 e. The van der Waals surface area contributed by atoms with Crippen LogP contribution in [0.5, 0.6) is 11.5 Å². The Balaban J connectivity index is 1.34. The Labute approximate surface area is 242 Å². The van der Waals surface area contributed by atoms with Crippen LogP contribution in [-0.4, -0.2) is 32.9 Å². The van der Waals surface area contributed by atoms with Gasteiger partial charge < -0.3 is 24.3 Å². The number of nitrogens with one attached hydrogen (secondary N) is 1. The maximum absolute atomic E-state index is 13.7. The quantitative estimate of drug-likeness (QED) is 0.170. The Bertz CT molecular complexity index is 1550. The molecule has 1 aliphatic rings. The second-order valence-corrected chi connectivity index (χ2v) is 9.92. The predicted octanol–water partition coefficient (Wildman–Crippen LogP) is 7.14. The zero-order valence-electron chi connectivity index (χ0n) is 21.9. The smallest absolute Gasteiger partial charge is 0.416 e. The van der Waals surface area contributed by atoms with Crippen LogP contribution in [0.15, 0.2) is 79.3 Å². The van der Waals surface area contributed by atoms with Crippen molar-refractivity contribution in [3.63, 3.8) is 0 Å². The van der Waals surface area contributed by atoms with E-state index in [1.165, 1.54) is 30.3 Å². The van der Waals surface area contributed by atoms with Gasteiger partial charge in [0, 0.05) is 43.6 Å². The monoisotopic (exact) mass is 606 g/mol. The van der Waals surface area contributed by atoms with E-state index in [1.54, 1.807) is 17.4 Å². The highest BCUT2D eigenvalue weighted by Crippen LogP contribution is 2.34. The van der Waals surface area contributed by atoms with Gasteiger partial charge in [-0.3, -0.25) is 0 Å². The molecule has 6 nitrogen and oxygen atoms in total. The molecule has 3 aromatic carbocycles. The van der Waals surface area contributed by atoms with Crippen LogP contribution in [0.2, 0.25) is 0 Å². The zero-order chi connectivity index (χ0) is 29.9. The van der Waals surface area contributed by atoms with Crippen LogP contribution in [0.1, 0.15) is 27.9 Å². The molecule has 0 radical (unpaired) electrons. The highest BCUT2D eigenvalue weighted by molar-refractivity contribution is 7.80. The Morgan fingerprint density at radius 3 is 2.40 bits per heavy atom. The van der Waals surface area contributed by atoms with Gasteiger partial charge in [-0.2, -0.15) is 26.3 Å². The van der Waals surface area contributed by atoms with E-state index in [0.29, 0.717) is 24.5 Å². The standard InChI is InChI=1S/C29H24F6N4O2S/c30-28(31,32)21-6-8-22(9-7-21)37-27(42)38(16-20-3-1-2-4-24(20)29(33,34)35)12-11-23-14-36-17-39(23)15-19-5-10-25-26(13-19)41-18-40-25/h1-10,13-14,17H,11-12,15-16,18H2,(H,37,42). The zero-order valence-corrected chi connectivity index (χ0v) is 22.7. The molecule has 42 heavy (non-hydrogen) atoms. The van der Waals surface area contributed by atoms with Crippen LogP contribution >= 0.6 is 12.2 Å². The van der Waals surface area contributed by atoms with Crippen molar-refractivity contribution < 1.29 is 35.8 Å². The number of rotatable bonds is 8. The van der Waals surface area contributed by atoms with E-state index in [4.69, 9.17) is 21.7 Å². The number of thiocarbonyl (C=S) groups is 1. The summed E-state index contributed by atoms with van der Waals surface area (Å²) in [6.45, 7) is 0.643. The lowest BCUT2D eigenvalue weighted by Crippen LogP contribution is -2.36. The number of ether oxygens (including phenoxy) is 2. The molecule has 0 unspecified atom stereocenters. The SMILES string of the molecule is FC(F)(F)c1ccc(NC(=S)N(CCc2cncn2Cc2ccc3c(c2)OCO3)Cc2ccccc2C(F)(F)F)cc1. The summed E-state index contributed by atoms with van der Waals surface area (Å²) in [5, 5.41) is 2.93. The Hall–Kier alpha value is -4.26. The largest absolute Gasteiger partial charge is 0.454 e. The number of nitrogens with zero attached hydrogens (tertiary/aromatic N) is 3. The van der Waals surface area contributed by atoms with Gasteiger partial charge in [-0.1, -0.05) is 24.3 Å². The van der Waals surface area contributed by atoms with Crippen LogP contribution in [0.4, 0.5) is 32.0 Å². The number of hydrogen-bond acceptors (Lipinski definition) is 4. The van der Waals surface area contributed by atoms with Crippen molar-refractivity contribution in [3.8, 4) is 11.5 Å². The molecule has 220 valence electrons. The minimum absolute atomic E-state index is 0.00966. The van der Waals surface area contributed by atoms with E-state index in [1.807, 2.05) is 22.8 Å². The lowest BCUT2D eigenvalue weighted by atomic mass is 10.1. The summed E-state index contributed by atoms with van der Waals surface area (Å²) < 4.78 is 92.9. The molecule has 0 saturated carbocycles. The molecule has 0 bridgehead atoms. The molecule has 0 atom stereocenters. The van der Waals surface area contributed by atoms with Crippen molar-refractivity contribution in [2.75, 3.05) is 18.7 Å². The number of halogens is 6. The van der Waals surface area contributed by atoms with Crippen molar-refractivity contribution in [1.29, 1.82) is 0 Å². The van der Waals surface area contributed by atoms with Gasteiger partial charge in [0.25, 0.3) is 0 Å². The second-order valence-electron chi connectivity index (χ2n) is 9.53. The van der Waals surface area contributed by atoms with Gasteiger partial charge in [-0.05, 0) is 65.8 Å². The molecule has 0 saturated heterocycles. The number of benzene rings is 3. The fourth-order valence-corrected chi connectivity index (χ4v) is 4.80. The fraction of sp³-hybridized carbons (Fsp3) is 0.241. The van der Waals surface area contributed by atoms with Gasteiger partial charge >= 0.3 is 12.4 Å². The molecule has 4 aromatic rings. The molecule has 0 spiro atoms. The fourth-order valence-electron chi connectivity index (χ4n) is 4.52. The van der Waals surface area contributed by atoms with Gasteiger partial charge in [0.2, 0.25) is 6.79 Å². The summed E-state index contributed by atoms with van der Waals surface area (Å²) in [5.41, 5.74) is 0.407. The lowest BCUT2D eigenvalue weighted by molar-refractivity contribution is -0.138. The normalized spacial score (nSPS) is 12.8. The van der Waals surface area contributed by atoms with Crippen LogP contribution in [0.3, 0.4) is 0 Å². The first-order valence-corrected chi connectivity index (χ1v) is 13.1. The molecule has 0 fully saturated rings. The van der Waals surface area contributed by atoms with E-state index < -0.39 is 23.5 Å². The Morgan fingerprint density at radius 1 is 0.929 bits per heavy atom. The number of fused-ring (bicyclic) bond motifs is 1. The van der Waals surface area contributed by atoms with E-state index >= 15 is 0 Å². The number of anilines is 1. The highest BCUT2D eigenvalue weighted by Gasteiger charge is 2.33. The third-order valence-electron chi connectivity index (χ3n) is 6.66. The average Bonchev–Trinajstić information content (AvgIpc) is 3.59. The average molecular weight is 607 g/mol. The van der Waals surface area contributed by atoms with Crippen molar-refractivity contribution in [1.82, 2.24) is 14.5 Å². The molecular formula is C29H24F6N4O2S. The number of imidazole rings is 1. The van der Waals surface area contributed by atoms with Gasteiger partial charge in [-0.25, -0.2) is 4.98 Å². The Morgan fingerprint density at radius 2 is 1.67 bits per heavy atom. The van der Waals surface area contributed by atoms with Crippen molar-refractivity contribution in [2.24, 2.45) is 0 Å². The summed E-state index contributed by atoms with van der Waals surface area (Å²) in [7, 11) is 0. The first kappa shape index (κ1) is 29.2. The third-order valence-corrected chi connectivity index (χ3v) is 7.02. The molecule has 2 heterocycles. The van der Waals surface area contributed by atoms with Crippen LogP contribution in [-0.2, 0) is 31.9 Å². The summed E-state index contributed by atoms with van der Waals surface area (Å²) >= 11 is 5.54. The van der Waals surface area contributed by atoms with Crippen LogP contribution in [0.25, 0.3) is 0 Å². The van der Waals surface area contributed by atoms with Gasteiger partial charge in [0.15, 0.2) is 16.6 Å². The van der Waals surface area contributed by atoms with E-state index in [0.717, 1.165) is 29.5 Å². The molecular weight excluding hydrogens is 582 g/mol. The van der Waals surface area contributed by atoms with Gasteiger partial charge in [0.1, 0.15) is 0 Å². The maximum Gasteiger partial charge on any atom is 0.416 e. The van der Waals surface area contributed by atoms with E-state index in [9.17, 15) is 26.3 Å². The predicted molar refractivity (Wildman–Crippen MR) is 147 cm³/mol. The van der Waals surface area contributed by atoms with Crippen molar-refractivity contribution in [2.45, 2.75) is 31.9 Å². The van der Waals surface area contributed by atoms with E-state index in [2.05, 4.69) is 10.3 Å². The maximum atomic E-state index is 13.7. The van der Waals surface area contributed by atoms with Crippen molar-refractivity contribution in [3.05, 3.63) is 107 Å². The molecule has 1 aromatic heterocycles. The first-order chi connectivity index (χ1) is 20.0. The minimum atomic E-state index is -4.58. The van der Waals surface area contributed by atoms with Gasteiger partial charge in [-0.15, -0.1) is 0 Å². The topological polar surface area (TPSA) is 51.6 Å². The molecule has 1 aliphatic heterocycles. The summed E-state index contributed by atoms with van der Waals surface area (Å²) in [5.74, 6) is 1.30. The number of alkyl halides is 6. The summed E-state index contributed by atoms with van der Waals surface area (Å²) in [6, 6.07) is 15.0. The lowest BCUT2D eigenvalue weighted by Gasteiger charge is -2.27. The molecule has 13 heteroatoms. The first-order valence-electron chi connectivity index (χ1n) is 12.7. The highest BCUT2D eigenvalue weighted by atomic mass is 32.1. The van der Waals surface area contributed by atoms with Crippen LogP contribution in [0, 0.1) is 0 Å². The number of hydrogen-bond donors (Lipinski definition) is 1. The van der Waals surface area contributed by atoms with Crippen LogP contribution < -0.4 is 14.8 Å². The van der Waals surface area contributed by atoms with Gasteiger partial charge in [0.05, 0.1) is 17.5 Å². The molecule has 1 N–H and O–H groups in total. The third kappa shape index (κ3) is 6.96. The Kier molecular flexibility index (Phi) is 8.30.